The van der Waals surface area contributed by atoms with Gasteiger partial charge in [-0.25, -0.2) is 9.18 Å². The van der Waals surface area contributed by atoms with Crippen LogP contribution in [-0.4, -0.2) is 53.1 Å². The molecule has 0 radical (unpaired) electrons. The van der Waals surface area contributed by atoms with Gasteiger partial charge < -0.3 is 14.7 Å². The first-order valence-corrected chi connectivity index (χ1v) is 7.25. The van der Waals surface area contributed by atoms with Gasteiger partial charge in [0.2, 0.25) is 5.91 Å². The first kappa shape index (κ1) is 14.6. The molecule has 0 spiro atoms. The quantitative estimate of drug-likeness (QED) is 0.893. The number of halogens is 1. The molecule has 3 rings (SSSR count). The van der Waals surface area contributed by atoms with Crippen LogP contribution in [0.3, 0.4) is 0 Å². The Labute approximate surface area is 127 Å². The maximum absolute atomic E-state index is 13.9. The lowest BCUT2D eigenvalue weighted by atomic mass is 9.98. The van der Waals surface area contributed by atoms with Crippen LogP contribution >= 0.6 is 0 Å². The summed E-state index contributed by atoms with van der Waals surface area (Å²) in [5, 5.41) is 9.76. The molecule has 0 saturated carbocycles. The first-order valence-electron chi connectivity index (χ1n) is 7.25. The standard InChI is InChI=1S/C15H17FN2O4/c16-12-2-3-13(19)10-4-6-17(8-11(10)12)14(20)9-18-5-1-7-22-15(18)21/h2-3,19H,1,4-9H2. The highest BCUT2D eigenvalue weighted by Gasteiger charge is 2.28. The summed E-state index contributed by atoms with van der Waals surface area (Å²) in [6.07, 6.45) is 0.611. The molecule has 1 aromatic carbocycles. The molecule has 1 fully saturated rings. The Morgan fingerprint density at radius 1 is 1.32 bits per heavy atom. The minimum absolute atomic E-state index is 0.0584. The summed E-state index contributed by atoms with van der Waals surface area (Å²) in [6.45, 7) is 1.31. The van der Waals surface area contributed by atoms with Gasteiger partial charge in [0.05, 0.1) is 6.61 Å². The molecular formula is C15H17FN2O4. The molecule has 0 aliphatic carbocycles. The number of carbonyl (C=O) groups excluding carboxylic acids is 2. The Kier molecular flexibility index (Phi) is 3.87. The fraction of sp³-hybridized carbons (Fsp3) is 0.467. The van der Waals surface area contributed by atoms with Crippen molar-refractivity contribution < 1.29 is 23.8 Å². The molecule has 0 unspecified atom stereocenters. The third-order valence-electron chi connectivity index (χ3n) is 4.06. The van der Waals surface area contributed by atoms with Crippen LogP contribution in [0.5, 0.6) is 5.75 Å². The van der Waals surface area contributed by atoms with Crippen molar-refractivity contribution in [1.82, 2.24) is 9.80 Å². The van der Waals surface area contributed by atoms with Crippen LogP contribution in [-0.2, 0) is 22.5 Å². The van der Waals surface area contributed by atoms with Crippen molar-refractivity contribution in [3.63, 3.8) is 0 Å². The predicted octanol–water partition coefficient (Wildman–Crippen LogP) is 1.26. The summed E-state index contributed by atoms with van der Waals surface area (Å²) < 4.78 is 18.8. The minimum Gasteiger partial charge on any atom is -0.508 e. The molecule has 0 bridgehead atoms. The summed E-state index contributed by atoms with van der Waals surface area (Å²) in [5.41, 5.74) is 0.905. The van der Waals surface area contributed by atoms with Crippen LogP contribution in [0.1, 0.15) is 17.5 Å². The Bertz CT molecular complexity index is 620. The Morgan fingerprint density at radius 3 is 2.91 bits per heavy atom. The number of rotatable bonds is 2. The summed E-state index contributed by atoms with van der Waals surface area (Å²) in [4.78, 5) is 26.7. The number of aromatic hydroxyl groups is 1. The van der Waals surface area contributed by atoms with Crippen molar-refractivity contribution in [2.24, 2.45) is 0 Å². The van der Waals surface area contributed by atoms with E-state index in [1.165, 1.54) is 21.9 Å². The fourth-order valence-electron chi connectivity index (χ4n) is 2.84. The van der Waals surface area contributed by atoms with Crippen LogP contribution < -0.4 is 0 Å². The Hall–Kier alpha value is -2.31. The van der Waals surface area contributed by atoms with Gasteiger partial charge in [0.25, 0.3) is 0 Å². The molecule has 2 amide bonds. The number of benzene rings is 1. The number of hydrogen-bond acceptors (Lipinski definition) is 4. The molecule has 6 nitrogen and oxygen atoms in total. The molecule has 7 heteroatoms. The van der Waals surface area contributed by atoms with Gasteiger partial charge in [-0.05, 0) is 25.0 Å². The minimum atomic E-state index is -0.485. The molecule has 0 aromatic heterocycles. The van der Waals surface area contributed by atoms with Crippen molar-refractivity contribution in [2.45, 2.75) is 19.4 Å². The van der Waals surface area contributed by atoms with E-state index < -0.39 is 11.9 Å². The van der Waals surface area contributed by atoms with Gasteiger partial charge in [0, 0.05) is 30.8 Å². The van der Waals surface area contributed by atoms with E-state index in [0.29, 0.717) is 43.7 Å². The molecule has 1 aromatic rings. The van der Waals surface area contributed by atoms with Crippen LogP contribution in [0.2, 0.25) is 0 Å². The number of hydrogen-bond donors (Lipinski definition) is 1. The van der Waals surface area contributed by atoms with Crippen LogP contribution in [0.15, 0.2) is 12.1 Å². The third kappa shape index (κ3) is 2.70. The van der Waals surface area contributed by atoms with Crippen molar-refractivity contribution in [3.05, 3.63) is 29.1 Å². The number of cyclic esters (lactones) is 1. The van der Waals surface area contributed by atoms with E-state index in [0.717, 1.165) is 0 Å². The summed E-state index contributed by atoms with van der Waals surface area (Å²) in [5.74, 6) is -0.613. The van der Waals surface area contributed by atoms with E-state index in [2.05, 4.69) is 0 Å². The summed E-state index contributed by atoms with van der Waals surface area (Å²) >= 11 is 0. The van der Waals surface area contributed by atoms with E-state index in [1.807, 2.05) is 0 Å². The van der Waals surface area contributed by atoms with E-state index in [4.69, 9.17) is 4.74 Å². The van der Waals surface area contributed by atoms with E-state index >= 15 is 0 Å². The van der Waals surface area contributed by atoms with Crippen LogP contribution in [0.4, 0.5) is 9.18 Å². The zero-order valence-electron chi connectivity index (χ0n) is 12.0. The van der Waals surface area contributed by atoms with Crippen molar-refractivity contribution in [1.29, 1.82) is 0 Å². The zero-order valence-corrected chi connectivity index (χ0v) is 12.0. The lowest BCUT2D eigenvalue weighted by Crippen LogP contribution is -2.47. The molecule has 118 valence electrons. The smallest absolute Gasteiger partial charge is 0.410 e. The Balaban J connectivity index is 1.70. The normalized spacial score (nSPS) is 18.0. The average Bonchev–Trinajstić information content (AvgIpc) is 2.53. The third-order valence-corrected chi connectivity index (χ3v) is 4.06. The number of phenolic OH excluding ortho intramolecular Hbond substituents is 1. The van der Waals surface area contributed by atoms with Crippen molar-refractivity contribution in [3.8, 4) is 5.75 Å². The second-order valence-corrected chi connectivity index (χ2v) is 5.48. The van der Waals surface area contributed by atoms with E-state index in [1.54, 1.807) is 0 Å². The zero-order chi connectivity index (χ0) is 15.7. The number of carbonyl (C=O) groups is 2. The van der Waals surface area contributed by atoms with Gasteiger partial charge in [-0.1, -0.05) is 0 Å². The highest BCUT2D eigenvalue weighted by molar-refractivity contribution is 5.82. The number of nitrogens with zero attached hydrogens (tertiary/aromatic N) is 2. The second-order valence-electron chi connectivity index (χ2n) is 5.48. The highest BCUT2D eigenvalue weighted by Crippen LogP contribution is 2.29. The van der Waals surface area contributed by atoms with Crippen molar-refractivity contribution >= 4 is 12.0 Å². The first-order chi connectivity index (χ1) is 10.6. The molecular weight excluding hydrogens is 291 g/mol. The monoisotopic (exact) mass is 308 g/mol. The van der Waals surface area contributed by atoms with Gasteiger partial charge in [-0.3, -0.25) is 9.69 Å². The molecule has 2 aliphatic heterocycles. The number of fused-ring (bicyclic) bond motifs is 1. The molecule has 1 N–H and O–H groups in total. The van der Waals surface area contributed by atoms with Crippen LogP contribution in [0, 0.1) is 5.82 Å². The van der Waals surface area contributed by atoms with Gasteiger partial charge in [-0.15, -0.1) is 0 Å². The predicted molar refractivity (Wildman–Crippen MR) is 74.7 cm³/mol. The lowest BCUT2D eigenvalue weighted by molar-refractivity contribution is -0.133. The topological polar surface area (TPSA) is 70.1 Å². The number of phenols is 1. The van der Waals surface area contributed by atoms with Crippen molar-refractivity contribution in [2.75, 3.05) is 26.2 Å². The highest BCUT2D eigenvalue weighted by atomic mass is 19.1. The lowest BCUT2D eigenvalue weighted by Gasteiger charge is -2.32. The maximum Gasteiger partial charge on any atom is 0.410 e. The van der Waals surface area contributed by atoms with E-state index in [-0.39, 0.29) is 24.7 Å². The van der Waals surface area contributed by atoms with Crippen LogP contribution in [0.25, 0.3) is 0 Å². The largest absolute Gasteiger partial charge is 0.508 e. The average molecular weight is 308 g/mol. The van der Waals surface area contributed by atoms with Gasteiger partial charge in [0.15, 0.2) is 0 Å². The molecule has 22 heavy (non-hydrogen) atoms. The van der Waals surface area contributed by atoms with Gasteiger partial charge in [0.1, 0.15) is 18.1 Å². The van der Waals surface area contributed by atoms with Gasteiger partial charge >= 0.3 is 6.09 Å². The number of ether oxygens (including phenoxy) is 1. The molecule has 2 aliphatic rings. The van der Waals surface area contributed by atoms with Gasteiger partial charge in [-0.2, -0.15) is 0 Å². The van der Waals surface area contributed by atoms with E-state index in [9.17, 15) is 19.1 Å². The molecule has 2 heterocycles. The maximum atomic E-state index is 13.9. The number of amides is 2. The molecule has 1 saturated heterocycles. The SMILES string of the molecule is O=C(CN1CCCOC1=O)N1CCc2c(O)ccc(F)c2C1. The fourth-order valence-corrected chi connectivity index (χ4v) is 2.84. The summed E-state index contributed by atoms with van der Waals surface area (Å²) in [6, 6.07) is 2.53. The summed E-state index contributed by atoms with van der Waals surface area (Å²) in [7, 11) is 0. The Morgan fingerprint density at radius 2 is 2.14 bits per heavy atom. The molecule has 0 atom stereocenters. The second kappa shape index (κ2) is 5.82.